The van der Waals surface area contributed by atoms with E-state index in [4.69, 9.17) is 15.5 Å². The number of fused-ring (bicyclic) bond motifs is 1. The maximum absolute atomic E-state index is 11.2. The van der Waals surface area contributed by atoms with Crippen molar-refractivity contribution in [3.05, 3.63) is 41.5 Å². The Kier molecular flexibility index (Phi) is 5.53. The Labute approximate surface area is 156 Å². The summed E-state index contributed by atoms with van der Waals surface area (Å²) < 4.78 is 6.83. The molecule has 3 aromatic rings. The van der Waals surface area contributed by atoms with Crippen LogP contribution in [-0.2, 0) is 22.4 Å². The molecule has 26 heavy (non-hydrogen) atoms. The maximum atomic E-state index is 11.2. The molecule has 0 atom stereocenters. The van der Waals surface area contributed by atoms with Gasteiger partial charge in [0.1, 0.15) is 5.82 Å². The van der Waals surface area contributed by atoms with Crippen LogP contribution in [0.1, 0.15) is 17.2 Å². The van der Waals surface area contributed by atoms with Gasteiger partial charge in [-0.2, -0.15) is 4.68 Å². The van der Waals surface area contributed by atoms with Crippen molar-refractivity contribution in [2.75, 3.05) is 20.0 Å². The first-order chi connectivity index (χ1) is 12.5. The van der Waals surface area contributed by atoms with Gasteiger partial charge in [0, 0.05) is 23.8 Å². The second-order valence-electron chi connectivity index (χ2n) is 5.92. The van der Waals surface area contributed by atoms with Gasteiger partial charge in [-0.15, -0.1) is 16.9 Å². The maximum Gasteiger partial charge on any atom is 0.225 e. The van der Waals surface area contributed by atoms with Gasteiger partial charge in [-0.05, 0) is 36.9 Å². The van der Waals surface area contributed by atoms with E-state index in [1.807, 2.05) is 19.2 Å². The number of carbonyl (C=O) groups excluding carboxylic acids is 1. The molecule has 0 aliphatic rings. The Morgan fingerprint density at radius 1 is 1.31 bits per heavy atom. The zero-order chi connectivity index (χ0) is 18.7. The Bertz CT molecular complexity index is 954. The van der Waals surface area contributed by atoms with Crippen molar-refractivity contribution in [3.8, 4) is 5.82 Å². The molecule has 3 rings (SSSR count). The van der Waals surface area contributed by atoms with E-state index >= 15 is 0 Å². The first kappa shape index (κ1) is 18.3. The molecule has 0 aliphatic heterocycles. The number of aromatic nitrogens is 4. The summed E-state index contributed by atoms with van der Waals surface area (Å²) in [4.78, 5) is 21.6. The minimum Gasteiger partial charge on any atom is -0.384 e. The van der Waals surface area contributed by atoms with Gasteiger partial charge in [-0.1, -0.05) is 6.07 Å². The molecule has 1 aromatic carbocycles. The normalized spacial score (nSPS) is 11.2. The third-order valence-electron chi connectivity index (χ3n) is 4.01. The quantitative estimate of drug-likeness (QED) is 0.639. The molecule has 0 saturated carbocycles. The lowest BCUT2D eigenvalue weighted by atomic mass is 10.1. The highest BCUT2D eigenvalue weighted by molar-refractivity contribution is 7.98. The van der Waals surface area contributed by atoms with E-state index in [2.05, 4.69) is 28.3 Å². The summed E-state index contributed by atoms with van der Waals surface area (Å²) in [7, 11) is 1.63. The average molecular weight is 371 g/mol. The molecular formula is C18H21N5O2S. The summed E-state index contributed by atoms with van der Waals surface area (Å²) in [6, 6.07) is 8.21. The summed E-state index contributed by atoms with van der Waals surface area (Å²) in [5.41, 5.74) is 7.28. The van der Waals surface area contributed by atoms with E-state index in [9.17, 15) is 4.79 Å². The zero-order valence-corrected chi connectivity index (χ0v) is 15.8. The summed E-state index contributed by atoms with van der Waals surface area (Å²) in [6.45, 7) is 2.54. The van der Waals surface area contributed by atoms with Gasteiger partial charge in [0.15, 0.2) is 11.6 Å². The van der Waals surface area contributed by atoms with Crippen LogP contribution in [-0.4, -0.2) is 45.6 Å². The number of pyridine rings is 1. The van der Waals surface area contributed by atoms with Crippen molar-refractivity contribution in [1.82, 2.24) is 19.7 Å². The van der Waals surface area contributed by atoms with Crippen molar-refractivity contribution >= 4 is 28.6 Å². The van der Waals surface area contributed by atoms with Crippen LogP contribution < -0.4 is 5.73 Å². The molecule has 0 aliphatic carbocycles. The second-order valence-corrected chi connectivity index (χ2v) is 6.80. The van der Waals surface area contributed by atoms with Crippen LogP contribution in [0.15, 0.2) is 29.2 Å². The van der Waals surface area contributed by atoms with E-state index in [1.54, 1.807) is 23.6 Å². The molecule has 7 nitrogen and oxygen atoms in total. The molecule has 2 N–H and O–H groups in total. The van der Waals surface area contributed by atoms with Crippen molar-refractivity contribution in [3.63, 3.8) is 0 Å². The number of hydrogen-bond donors (Lipinski definition) is 1. The largest absolute Gasteiger partial charge is 0.384 e. The predicted octanol–water partition coefficient (Wildman–Crippen LogP) is 2.06. The van der Waals surface area contributed by atoms with Crippen LogP contribution >= 0.6 is 11.8 Å². The Hall–Kier alpha value is -2.45. The summed E-state index contributed by atoms with van der Waals surface area (Å²) in [6.07, 6.45) is 2.59. The van der Waals surface area contributed by atoms with Crippen molar-refractivity contribution in [2.24, 2.45) is 5.73 Å². The fraction of sp³-hybridized carbons (Fsp3) is 0.333. The number of rotatable bonds is 7. The van der Waals surface area contributed by atoms with Crippen molar-refractivity contribution < 1.29 is 9.53 Å². The number of benzene rings is 1. The molecule has 1 amide bonds. The minimum atomic E-state index is -0.465. The highest BCUT2D eigenvalue weighted by Gasteiger charge is 2.15. The molecule has 0 radical (unpaired) electrons. The monoisotopic (exact) mass is 371 g/mol. The number of nitrogens with two attached hydrogens (primary N) is 1. The molecular weight excluding hydrogens is 350 g/mol. The molecule has 0 fully saturated rings. The number of thioether (sulfide) groups is 1. The molecule has 0 spiro atoms. The third-order valence-corrected chi connectivity index (χ3v) is 4.73. The van der Waals surface area contributed by atoms with Gasteiger partial charge in [-0.25, -0.2) is 9.97 Å². The number of amides is 1. The molecule has 136 valence electrons. The summed E-state index contributed by atoms with van der Waals surface area (Å²) in [5.74, 6) is 1.28. The first-order valence-electron chi connectivity index (χ1n) is 8.19. The minimum absolute atomic E-state index is 0.00380. The van der Waals surface area contributed by atoms with Gasteiger partial charge in [0.05, 0.1) is 18.5 Å². The number of methoxy groups -OCH3 is 1. The van der Waals surface area contributed by atoms with E-state index < -0.39 is 5.91 Å². The molecule has 0 bridgehead atoms. The van der Waals surface area contributed by atoms with Gasteiger partial charge in [0.2, 0.25) is 5.91 Å². The predicted molar refractivity (Wildman–Crippen MR) is 102 cm³/mol. The summed E-state index contributed by atoms with van der Waals surface area (Å²) in [5, 5.41) is 5.54. The number of hydrogen-bond acceptors (Lipinski definition) is 6. The molecule has 2 heterocycles. The van der Waals surface area contributed by atoms with Crippen LogP contribution in [0.5, 0.6) is 0 Å². The third kappa shape index (κ3) is 3.86. The van der Waals surface area contributed by atoms with Gasteiger partial charge in [-0.3, -0.25) is 4.79 Å². The van der Waals surface area contributed by atoms with Crippen molar-refractivity contribution in [2.45, 2.75) is 24.7 Å². The first-order valence-corrected chi connectivity index (χ1v) is 9.42. The molecule has 8 heteroatoms. The summed E-state index contributed by atoms with van der Waals surface area (Å²) >= 11 is 1.67. The lowest BCUT2D eigenvalue weighted by Gasteiger charge is -2.09. The van der Waals surface area contributed by atoms with Crippen LogP contribution in [0, 0.1) is 6.92 Å². The average Bonchev–Trinajstić information content (AvgIpc) is 3.01. The number of aryl methyl sites for hydroxylation is 1. The number of nitrogens with zero attached hydrogens (tertiary/aromatic N) is 4. The fourth-order valence-electron chi connectivity index (χ4n) is 2.76. The van der Waals surface area contributed by atoms with Crippen LogP contribution in [0.2, 0.25) is 0 Å². The van der Waals surface area contributed by atoms with Gasteiger partial charge < -0.3 is 10.5 Å². The number of carbonyl (C=O) groups is 1. The second kappa shape index (κ2) is 7.84. The Balaban J connectivity index is 2.11. The SMILES string of the molecule is COCCc1nc(CC(N)=O)nn1-c1cc(C)c2ccc(SC)cc2n1. The van der Waals surface area contributed by atoms with Gasteiger partial charge >= 0.3 is 0 Å². The lowest BCUT2D eigenvalue weighted by molar-refractivity contribution is -0.117. The fourth-order valence-corrected chi connectivity index (χ4v) is 3.19. The molecule has 0 saturated heterocycles. The molecule has 2 aromatic heterocycles. The zero-order valence-electron chi connectivity index (χ0n) is 15.0. The molecule has 0 unspecified atom stereocenters. The van der Waals surface area contributed by atoms with Crippen LogP contribution in [0.4, 0.5) is 0 Å². The number of primary amides is 1. The van der Waals surface area contributed by atoms with E-state index in [-0.39, 0.29) is 6.42 Å². The van der Waals surface area contributed by atoms with Crippen LogP contribution in [0.3, 0.4) is 0 Å². The topological polar surface area (TPSA) is 95.9 Å². The smallest absolute Gasteiger partial charge is 0.225 e. The highest BCUT2D eigenvalue weighted by atomic mass is 32.2. The van der Waals surface area contributed by atoms with Gasteiger partial charge in [0.25, 0.3) is 0 Å². The lowest BCUT2D eigenvalue weighted by Crippen LogP contribution is -2.14. The van der Waals surface area contributed by atoms with Crippen molar-refractivity contribution in [1.29, 1.82) is 0 Å². The Morgan fingerprint density at radius 3 is 2.81 bits per heavy atom. The highest BCUT2D eigenvalue weighted by Crippen LogP contribution is 2.25. The standard InChI is InChI=1S/C18H21N5O2S/c1-11-8-18(20-14-9-12(26-3)4-5-13(11)14)23-17(6-7-25-2)21-16(22-23)10-15(19)24/h4-5,8-9H,6-7,10H2,1-3H3,(H2,19,24). The van der Waals surface area contributed by atoms with E-state index in [1.165, 1.54) is 0 Å². The van der Waals surface area contributed by atoms with E-state index in [0.717, 1.165) is 21.4 Å². The van der Waals surface area contributed by atoms with E-state index in [0.29, 0.717) is 30.5 Å². The van der Waals surface area contributed by atoms with Crippen LogP contribution in [0.25, 0.3) is 16.7 Å². The Morgan fingerprint density at radius 2 is 2.12 bits per heavy atom. The number of ether oxygens (including phenoxy) is 1.